The molecule has 0 aliphatic rings. The molecule has 110 valence electrons. The molecule has 0 aliphatic carbocycles. The van der Waals surface area contributed by atoms with Crippen LogP contribution in [0.25, 0.3) is 0 Å². The van der Waals surface area contributed by atoms with Crippen molar-refractivity contribution in [1.82, 2.24) is 0 Å². The van der Waals surface area contributed by atoms with Crippen molar-refractivity contribution in [3.8, 4) is 0 Å². The summed E-state index contributed by atoms with van der Waals surface area (Å²) < 4.78 is 87.2. The van der Waals surface area contributed by atoms with E-state index in [2.05, 4.69) is 0 Å². The molecule has 2 atom stereocenters. The first-order chi connectivity index (χ1) is 7.89. The maximum atomic E-state index is 13.6. The summed E-state index contributed by atoms with van der Waals surface area (Å²) in [5.41, 5.74) is -5.15. The maximum absolute atomic E-state index is 13.6. The molecule has 0 rings (SSSR count). The van der Waals surface area contributed by atoms with Crippen LogP contribution in [0.4, 0.5) is 30.7 Å². The van der Waals surface area contributed by atoms with Crippen molar-refractivity contribution in [1.29, 1.82) is 0 Å². The van der Waals surface area contributed by atoms with Gasteiger partial charge in [0, 0.05) is 9.84 Å². The highest BCUT2D eigenvalue weighted by Gasteiger charge is 2.75. The van der Waals surface area contributed by atoms with Crippen molar-refractivity contribution in [3.05, 3.63) is 0 Å². The van der Waals surface area contributed by atoms with E-state index in [0.717, 1.165) is 0 Å². The van der Waals surface area contributed by atoms with Gasteiger partial charge in [-0.3, -0.25) is 0 Å². The van der Waals surface area contributed by atoms with E-state index in [1.165, 1.54) is 22.6 Å². The molecule has 0 heterocycles. The quantitative estimate of drug-likeness (QED) is 0.331. The third kappa shape index (κ3) is 3.63. The molecule has 0 nitrogen and oxygen atoms in total. The zero-order valence-electron chi connectivity index (χ0n) is 9.80. The fourth-order valence-corrected chi connectivity index (χ4v) is 2.51. The molecule has 8 heteroatoms. The van der Waals surface area contributed by atoms with Gasteiger partial charge >= 0.3 is 18.0 Å². The summed E-state index contributed by atoms with van der Waals surface area (Å²) in [6.07, 6.45) is -10.7. The van der Waals surface area contributed by atoms with Gasteiger partial charge in [0.05, 0.1) is 0 Å². The minimum Gasteiger partial charge on any atom is -0.223 e. The van der Waals surface area contributed by atoms with Crippen LogP contribution in [0, 0.1) is 5.92 Å². The van der Waals surface area contributed by atoms with Crippen LogP contribution in [-0.4, -0.2) is 21.9 Å². The Balaban J connectivity index is 5.24. The Morgan fingerprint density at radius 3 is 1.61 bits per heavy atom. The molecule has 0 fully saturated rings. The van der Waals surface area contributed by atoms with Crippen molar-refractivity contribution in [3.63, 3.8) is 0 Å². The summed E-state index contributed by atoms with van der Waals surface area (Å²) in [5, 5.41) is 0. The lowest BCUT2D eigenvalue weighted by atomic mass is 9.85. The van der Waals surface area contributed by atoms with Gasteiger partial charge in [0.15, 0.2) is 0 Å². The topological polar surface area (TPSA) is 0 Å². The second-order valence-electron chi connectivity index (χ2n) is 4.15. The average molecular weight is 394 g/mol. The summed E-state index contributed by atoms with van der Waals surface area (Å²) in [6, 6.07) is 0. The molecule has 0 radical (unpaired) electrons. The number of unbranched alkanes of at least 4 members (excludes halogenated alkanes) is 1. The van der Waals surface area contributed by atoms with Crippen LogP contribution < -0.4 is 0 Å². The number of hydrogen-bond donors (Lipinski definition) is 0. The van der Waals surface area contributed by atoms with E-state index in [-0.39, 0.29) is 6.42 Å². The largest absolute Gasteiger partial charge is 0.431 e. The van der Waals surface area contributed by atoms with Crippen molar-refractivity contribution >= 4 is 22.6 Å². The minimum atomic E-state index is -5.96. The first kappa shape index (κ1) is 18.2. The fraction of sp³-hybridized carbons (Fsp3) is 1.00. The lowest BCUT2D eigenvalue weighted by Gasteiger charge is -2.37. The van der Waals surface area contributed by atoms with E-state index >= 15 is 0 Å². The monoisotopic (exact) mass is 394 g/mol. The van der Waals surface area contributed by atoms with Crippen LogP contribution in [0.1, 0.15) is 33.1 Å². The van der Waals surface area contributed by atoms with Gasteiger partial charge in [0.1, 0.15) is 0 Å². The van der Waals surface area contributed by atoms with E-state index in [1.54, 1.807) is 6.92 Å². The first-order valence-electron chi connectivity index (χ1n) is 5.36. The van der Waals surface area contributed by atoms with Crippen molar-refractivity contribution < 1.29 is 30.7 Å². The lowest BCUT2D eigenvalue weighted by Crippen LogP contribution is -2.59. The van der Waals surface area contributed by atoms with Gasteiger partial charge in [-0.2, -0.15) is 26.3 Å². The van der Waals surface area contributed by atoms with Gasteiger partial charge in [-0.15, -0.1) is 0 Å². The summed E-state index contributed by atoms with van der Waals surface area (Å²) in [4.78, 5) is 0. The molecular weight excluding hydrogens is 380 g/mol. The minimum absolute atomic E-state index is 0.121. The van der Waals surface area contributed by atoms with E-state index in [0.29, 0.717) is 19.8 Å². The molecule has 0 saturated heterocycles. The molecule has 18 heavy (non-hydrogen) atoms. The molecule has 0 aromatic heterocycles. The highest BCUT2D eigenvalue weighted by atomic mass is 127. The van der Waals surface area contributed by atoms with Crippen LogP contribution in [0.5, 0.6) is 0 Å². The van der Waals surface area contributed by atoms with Crippen molar-refractivity contribution in [2.45, 2.75) is 55.1 Å². The summed E-state index contributed by atoms with van der Waals surface area (Å²) in [5.74, 6) is -2.18. The summed E-state index contributed by atoms with van der Waals surface area (Å²) >= 11 is 1.46. The molecule has 2 unspecified atom stereocenters. The third-order valence-electron chi connectivity index (χ3n) is 2.83. The Morgan fingerprint density at radius 1 is 0.944 bits per heavy atom. The van der Waals surface area contributed by atoms with Gasteiger partial charge in [-0.05, 0) is 6.42 Å². The molecule has 0 bridgehead atoms. The predicted molar refractivity (Wildman–Crippen MR) is 62.4 cm³/mol. The SMILES string of the molecule is CCCCC(I)C(C)C(F)(C(F)(F)F)C(F)(F)F. The Morgan fingerprint density at radius 2 is 1.33 bits per heavy atom. The fourth-order valence-electron chi connectivity index (χ4n) is 1.58. The van der Waals surface area contributed by atoms with Crippen LogP contribution in [-0.2, 0) is 0 Å². The van der Waals surface area contributed by atoms with E-state index in [9.17, 15) is 30.7 Å². The van der Waals surface area contributed by atoms with Crippen LogP contribution in [0.2, 0.25) is 0 Å². The molecule has 0 aromatic rings. The molecule has 0 spiro atoms. The molecular formula is C10H14F7I. The Kier molecular flexibility index (Phi) is 6.21. The molecule has 0 amide bonds. The van der Waals surface area contributed by atoms with Gasteiger partial charge in [0.2, 0.25) is 0 Å². The Bertz CT molecular complexity index is 244. The zero-order chi connectivity index (χ0) is 14.8. The predicted octanol–water partition coefficient (Wildman–Crippen LogP) is 5.45. The number of halogens is 8. The smallest absolute Gasteiger partial charge is 0.223 e. The molecule has 0 saturated carbocycles. The second kappa shape index (κ2) is 6.13. The summed E-state index contributed by atoms with van der Waals surface area (Å²) in [6.45, 7) is 2.41. The molecule has 0 aromatic carbocycles. The lowest BCUT2D eigenvalue weighted by molar-refractivity contribution is -0.356. The third-order valence-corrected chi connectivity index (χ3v) is 4.53. The van der Waals surface area contributed by atoms with Crippen LogP contribution >= 0.6 is 22.6 Å². The van der Waals surface area contributed by atoms with Crippen LogP contribution in [0.3, 0.4) is 0 Å². The average Bonchev–Trinajstić information content (AvgIpc) is 2.20. The van der Waals surface area contributed by atoms with Crippen LogP contribution in [0.15, 0.2) is 0 Å². The Labute approximate surface area is 114 Å². The second-order valence-corrected chi connectivity index (χ2v) is 5.75. The van der Waals surface area contributed by atoms with Crippen molar-refractivity contribution in [2.75, 3.05) is 0 Å². The summed E-state index contributed by atoms with van der Waals surface area (Å²) in [7, 11) is 0. The standard InChI is InChI=1S/C10H14F7I/c1-3-4-5-7(18)6(2)8(11,9(12,13)14)10(15,16)17/h6-7H,3-5H2,1-2H3. The zero-order valence-corrected chi connectivity index (χ0v) is 12.0. The molecule has 0 N–H and O–H groups in total. The highest BCUT2D eigenvalue weighted by Crippen LogP contribution is 2.52. The van der Waals surface area contributed by atoms with E-state index < -0.39 is 27.9 Å². The Hall–Kier alpha value is 0.240. The normalized spacial score (nSPS) is 17.7. The van der Waals surface area contributed by atoms with E-state index in [1.807, 2.05) is 0 Å². The van der Waals surface area contributed by atoms with Gasteiger partial charge < -0.3 is 0 Å². The maximum Gasteiger partial charge on any atom is 0.431 e. The van der Waals surface area contributed by atoms with Crippen molar-refractivity contribution in [2.24, 2.45) is 5.92 Å². The molecule has 0 aliphatic heterocycles. The van der Waals surface area contributed by atoms with Gasteiger partial charge in [-0.25, -0.2) is 4.39 Å². The number of alkyl halides is 8. The van der Waals surface area contributed by atoms with Gasteiger partial charge in [-0.1, -0.05) is 49.3 Å². The highest BCUT2D eigenvalue weighted by molar-refractivity contribution is 14.1. The number of hydrogen-bond acceptors (Lipinski definition) is 0. The van der Waals surface area contributed by atoms with Gasteiger partial charge in [0.25, 0.3) is 0 Å². The van der Waals surface area contributed by atoms with E-state index in [4.69, 9.17) is 0 Å². The number of rotatable bonds is 5. The first-order valence-corrected chi connectivity index (χ1v) is 6.60.